The van der Waals surface area contributed by atoms with Crippen molar-refractivity contribution in [3.63, 3.8) is 0 Å². The molecule has 2 atom stereocenters. The maximum Gasteiger partial charge on any atom is 0.119 e. The molecule has 33 heavy (non-hydrogen) atoms. The van der Waals surface area contributed by atoms with Crippen LogP contribution >= 0.6 is 0 Å². The van der Waals surface area contributed by atoms with Crippen LogP contribution in [0.2, 0.25) is 0 Å². The number of likely N-dealkylation sites (N-methyl/N-ethyl adjacent to an activating group) is 1. The molecule has 1 aliphatic heterocycles. The lowest BCUT2D eigenvalue weighted by atomic mass is 9.97. The molecule has 0 amide bonds. The zero-order valence-electron chi connectivity index (χ0n) is 20.6. The average molecular weight is 453 g/mol. The van der Waals surface area contributed by atoms with Crippen molar-refractivity contribution in [3.8, 4) is 16.9 Å². The predicted molar refractivity (Wildman–Crippen MR) is 133 cm³/mol. The topological polar surface area (TPSA) is 59.5 Å². The van der Waals surface area contributed by atoms with Gasteiger partial charge < -0.3 is 19.7 Å². The van der Waals surface area contributed by atoms with Crippen LogP contribution in [0.5, 0.6) is 5.75 Å². The molecule has 1 saturated carbocycles. The van der Waals surface area contributed by atoms with E-state index >= 15 is 0 Å². The maximum atomic E-state index is 6.25. The minimum atomic E-state index is 0.0431. The molecule has 1 unspecified atom stereocenters. The molecule has 0 bridgehead atoms. The number of hydrogen-bond donors (Lipinski definition) is 1. The van der Waals surface area contributed by atoms with E-state index in [2.05, 4.69) is 66.7 Å². The van der Waals surface area contributed by atoms with E-state index in [9.17, 15) is 0 Å². The number of unbranched alkanes of at least 4 members (excludes halogenated alkanes) is 1. The second-order valence-corrected chi connectivity index (χ2v) is 9.74. The van der Waals surface area contributed by atoms with Crippen LogP contribution in [0, 0.1) is 0 Å². The van der Waals surface area contributed by atoms with Crippen molar-refractivity contribution in [2.75, 3.05) is 33.8 Å². The molecule has 180 valence electrons. The highest BCUT2D eigenvalue weighted by Crippen LogP contribution is 2.31. The summed E-state index contributed by atoms with van der Waals surface area (Å²) < 4.78 is 12.3. The molecule has 6 nitrogen and oxygen atoms in total. The summed E-state index contributed by atoms with van der Waals surface area (Å²) in [7, 11) is 4.16. The van der Waals surface area contributed by atoms with Gasteiger partial charge in [0.25, 0.3) is 0 Å². The third kappa shape index (κ3) is 6.52. The second-order valence-electron chi connectivity index (χ2n) is 9.74. The van der Waals surface area contributed by atoms with Gasteiger partial charge in [0.15, 0.2) is 0 Å². The first-order valence-corrected chi connectivity index (χ1v) is 12.8. The molecule has 2 aliphatic rings. The van der Waals surface area contributed by atoms with Gasteiger partial charge in [-0.05, 0) is 76.4 Å². The fraction of sp³-hybridized carbons (Fsp3) is 0.630. The molecular weight excluding hydrogens is 412 g/mol. The zero-order valence-corrected chi connectivity index (χ0v) is 20.6. The monoisotopic (exact) mass is 452 g/mol. The Morgan fingerprint density at radius 3 is 2.61 bits per heavy atom. The lowest BCUT2D eigenvalue weighted by Crippen LogP contribution is -2.46. The number of aromatic nitrogens is 2. The summed E-state index contributed by atoms with van der Waals surface area (Å²) >= 11 is 0. The molecule has 0 spiro atoms. The highest BCUT2D eigenvalue weighted by molar-refractivity contribution is 5.67. The van der Waals surface area contributed by atoms with Gasteiger partial charge in [-0.15, -0.1) is 0 Å². The highest BCUT2D eigenvalue weighted by atomic mass is 16.5. The largest absolute Gasteiger partial charge is 0.490 e. The summed E-state index contributed by atoms with van der Waals surface area (Å²) in [5, 5.41) is 13.0. The number of nitrogens with one attached hydrogen (secondary N) is 1. The zero-order chi connectivity index (χ0) is 23.0. The van der Waals surface area contributed by atoms with Crippen LogP contribution in [0.4, 0.5) is 0 Å². The standard InChI is InChI=1S/C27H40N4O2/c1-4-5-11-24-23(20-12-14-22(15-13-20)33-21-9-7-6-8-10-21)18-25(30-29-24)27-26(19-31(2)3)32-17-16-28-27/h12-15,18,21,26-28H,4-11,16-17,19H2,1-3H3/t26-,27?/m1/s1. The summed E-state index contributed by atoms with van der Waals surface area (Å²) in [5.41, 5.74) is 4.38. The SMILES string of the molecule is CCCCc1nnc(C2NCCO[C@@H]2CN(C)C)cc1-c1ccc(OC2CCCCC2)cc1. The molecule has 1 aromatic heterocycles. The van der Waals surface area contributed by atoms with Crippen LogP contribution in [-0.2, 0) is 11.2 Å². The number of nitrogens with zero attached hydrogens (tertiary/aromatic N) is 3. The molecule has 1 N–H and O–H groups in total. The van der Waals surface area contributed by atoms with Gasteiger partial charge in [-0.2, -0.15) is 10.2 Å². The van der Waals surface area contributed by atoms with Crippen molar-refractivity contribution in [1.82, 2.24) is 20.4 Å². The lowest BCUT2D eigenvalue weighted by molar-refractivity contribution is -0.0188. The van der Waals surface area contributed by atoms with Crippen molar-refractivity contribution in [2.24, 2.45) is 0 Å². The third-order valence-corrected chi connectivity index (χ3v) is 6.71. The van der Waals surface area contributed by atoms with E-state index in [4.69, 9.17) is 14.6 Å². The third-order valence-electron chi connectivity index (χ3n) is 6.71. The summed E-state index contributed by atoms with van der Waals surface area (Å²) in [6.45, 7) is 4.62. The Hall–Kier alpha value is -2.02. The number of hydrogen-bond acceptors (Lipinski definition) is 6. The summed E-state index contributed by atoms with van der Waals surface area (Å²) in [6, 6.07) is 10.9. The van der Waals surface area contributed by atoms with Crippen LogP contribution < -0.4 is 10.1 Å². The molecule has 0 radical (unpaired) electrons. The van der Waals surface area contributed by atoms with Gasteiger partial charge in [-0.1, -0.05) is 31.9 Å². The average Bonchev–Trinajstić information content (AvgIpc) is 2.84. The molecule has 1 aliphatic carbocycles. The van der Waals surface area contributed by atoms with E-state index in [1.54, 1.807) is 0 Å². The first-order valence-electron chi connectivity index (χ1n) is 12.8. The normalized spacial score (nSPS) is 21.9. The molecule has 4 rings (SSSR count). The van der Waals surface area contributed by atoms with Crippen molar-refractivity contribution in [2.45, 2.75) is 76.5 Å². The van der Waals surface area contributed by atoms with E-state index in [1.807, 2.05) is 0 Å². The Kier molecular flexibility index (Phi) is 8.70. The van der Waals surface area contributed by atoms with Crippen LogP contribution in [0.3, 0.4) is 0 Å². The number of aryl methyl sites for hydroxylation is 1. The van der Waals surface area contributed by atoms with Crippen molar-refractivity contribution < 1.29 is 9.47 Å². The van der Waals surface area contributed by atoms with Crippen LogP contribution in [0.1, 0.15) is 69.3 Å². The maximum absolute atomic E-state index is 6.25. The van der Waals surface area contributed by atoms with Crippen molar-refractivity contribution in [1.29, 1.82) is 0 Å². The summed E-state index contributed by atoms with van der Waals surface area (Å²) in [4.78, 5) is 2.17. The first kappa shape index (κ1) is 24.1. The minimum absolute atomic E-state index is 0.0431. The van der Waals surface area contributed by atoms with E-state index < -0.39 is 0 Å². The van der Waals surface area contributed by atoms with Gasteiger partial charge in [-0.3, -0.25) is 0 Å². The van der Waals surface area contributed by atoms with Gasteiger partial charge in [0, 0.05) is 18.7 Å². The molecule has 6 heteroatoms. The van der Waals surface area contributed by atoms with E-state index in [-0.39, 0.29) is 12.1 Å². The first-order chi connectivity index (χ1) is 16.1. The van der Waals surface area contributed by atoms with Crippen LogP contribution in [0.25, 0.3) is 11.1 Å². The van der Waals surface area contributed by atoms with E-state index in [1.165, 1.54) is 43.2 Å². The van der Waals surface area contributed by atoms with Gasteiger partial charge in [0.1, 0.15) is 5.75 Å². The van der Waals surface area contributed by atoms with Crippen molar-refractivity contribution >= 4 is 0 Å². The summed E-state index contributed by atoms with van der Waals surface area (Å²) in [6.07, 6.45) is 9.86. The fourth-order valence-electron chi connectivity index (χ4n) is 4.92. The number of rotatable bonds is 9. The molecule has 1 aromatic carbocycles. The molecule has 1 saturated heterocycles. The smallest absolute Gasteiger partial charge is 0.119 e. The number of benzene rings is 1. The Morgan fingerprint density at radius 2 is 1.88 bits per heavy atom. The summed E-state index contributed by atoms with van der Waals surface area (Å²) in [5.74, 6) is 0.969. The second kappa shape index (κ2) is 11.9. The fourth-order valence-corrected chi connectivity index (χ4v) is 4.92. The van der Waals surface area contributed by atoms with Gasteiger partial charge in [0.05, 0.1) is 36.2 Å². The van der Waals surface area contributed by atoms with Gasteiger partial charge in [-0.25, -0.2) is 0 Å². The molecular formula is C27H40N4O2. The number of ether oxygens (including phenoxy) is 2. The molecule has 2 aromatic rings. The Labute approximate surface area is 199 Å². The lowest BCUT2D eigenvalue weighted by Gasteiger charge is -2.34. The van der Waals surface area contributed by atoms with E-state index in [0.717, 1.165) is 56.1 Å². The number of morpholine rings is 1. The Morgan fingerprint density at radius 1 is 1.09 bits per heavy atom. The van der Waals surface area contributed by atoms with E-state index in [0.29, 0.717) is 6.10 Å². The molecule has 2 heterocycles. The van der Waals surface area contributed by atoms with Gasteiger partial charge >= 0.3 is 0 Å². The van der Waals surface area contributed by atoms with Crippen molar-refractivity contribution in [3.05, 3.63) is 41.7 Å². The minimum Gasteiger partial charge on any atom is -0.490 e. The van der Waals surface area contributed by atoms with Gasteiger partial charge in [0.2, 0.25) is 0 Å². The highest BCUT2D eigenvalue weighted by Gasteiger charge is 2.29. The molecule has 2 fully saturated rings. The Bertz CT molecular complexity index is 865. The Balaban J connectivity index is 1.58. The van der Waals surface area contributed by atoms with Crippen LogP contribution in [0.15, 0.2) is 30.3 Å². The quantitative estimate of drug-likeness (QED) is 0.590. The van der Waals surface area contributed by atoms with Crippen LogP contribution in [-0.4, -0.2) is 61.1 Å². The predicted octanol–water partition coefficient (Wildman–Crippen LogP) is 4.79.